The molecule has 0 bridgehead atoms. The highest BCUT2D eigenvalue weighted by atomic mass is 32.1. The van der Waals surface area contributed by atoms with Crippen LogP contribution in [0.5, 0.6) is 17.2 Å². The van der Waals surface area contributed by atoms with Gasteiger partial charge in [0, 0.05) is 17.3 Å². The third-order valence-electron chi connectivity index (χ3n) is 3.94. The Kier molecular flexibility index (Phi) is 5.09. The average molecular weight is 371 g/mol. The maximum Gasteiger partial charge on any atom is 0.335 e. The van der Waals surface area contributed by atoms with E-state index in [1.54, 1.807) is 51.8 Å². The molecule has 0 amide bonds. The summed E-state index contributed by atoms with van der Waals surface area (Å²) >= 11 is 1.34. The number of methoxy groups -OCH3 is 3. The molecule has 0 spiro atoms. The Balaban J connectivity index is 2.09. The van der Waals surface area contributed by atoms with E-state index in [2.05, 4.69) is 4.37 Å². The standard InChI is InChI=1S/C19H17NO5S/c1-23-15-8-13(9-16(24-2)17(15)25-3)18-14(10-20-26-18)11-4-6-12(7-5-11)19(21)22/h4-10H,1-3H3,(H,21,22). The maximum absolute atomic E-state index is 11.0. The summed E-state index contributed by atoms with van der Waals surface area (Å²) in [6.45, 7) is 0. The predicted octanol–water partition coefficient (Wildman–Crippen LogP) is 4.20. The number of aromatic carboxylic acids is 1. The summed E-state index contributed by atoms with van der Waals surface area (Å²) in [5, 5.41) is 9.05. The first-order chi connectivity index (χ1) is 12.6. The van der Waals surface area contributed by atoms with E-state index in [9.17, 15) is 4.79 Å². The van der Waals surface area contributed by atoms with Crippen LogP contribution < -0.4 is 14.2 Å². The molecule has 0 aliphatic carbocycles. The molecule has 2 aromatic carbocycles. The largest absolute Gasteiger partial charge is 0.493 e. The zero-order valence-electron chi connectivity index (χ0n) is 14.5. The molecule has 0 aliphatic rings. The molecule has 0 saturated heterocycles. The molecular formula is C19H17NO5S. The molecule has 3 rings (SSSR count). The van der Waals surface area contributed by atoms with Crippen LogP contribution in [0, 0.1) is 0 Å². The Bertz CT molecular complexity index is 908. The quantitative estimate of drug-likeness (QED) is 0.700. The predicted molar refractivity (Wildman–Crippen MR) is 99.6 cm³/mol. The molecule has 134 valence electrons. The number of carboxylic acid groups (broad SMARTS) is 1. The van der Waals surface area contributed by atoms with Crippen LogP contribution in [-0.4, -0.2) is 36.8 Å². The highest BCUT2D eigenvalue weighted by molar-refractivity contribution is 7.10. The van der Waals surface area contributed by atoms with E-state index in [1.165, 1.54) is 11.5 Å². The lowest BCUT2D eigenvalue weighted by Gasteiger charge is -2.14. The number of aromatic nitrogens is 1. The summed E-state index contributed by atoms with van der Waals surface area (Å²) in [5.41, 5.74) is 2.90. The van der Waals surface area contributed by atoms with E-state index in [0.29, 0.717) is 17.2 Å². The van der Waals surface area contributed by atoms with Gasteiger partial charge in [-0.15, -0.1) is 0 Å². The molecule has 0 saturated carbocycles. The fourth-order valence-corrected chi connectivity index (χ4v) is 3.41. The van der Waals surface area contributed by atoms with Crippen molar-refractivity contribution >= 4 is 17.5 Å². The van der Waals surface area contributed by atoms with Gasteiger partial charge >= 0.3 is 5.97 Å². The van der Waals surface area contributed by atoms with E-state index >= 15 is 0 Å². The van der Waals surface area contributed by atoms with Crippen LogP contribution in [0.15, 0.2) is 42.6 Å². The third-order valence-corrected chi connectivity index (χ3v) is 4.79. The van der Waals surface area contributed by atoms with E-state index in [4.69, 9.17) is 19.3 Å². The molecule has 6 nitrogen and oxygen atoms in total. The lowest BCUT2D eigenvalue weighted by atomic mass is 10.0. The summed E-state index contributed by atoms with van der Waals surface area (Å²) in [6.07, 6.45) is 1.76. The number of rotatable bonds is 6. The monoisotopic (exact) mass is 371 g/mol. The van der Waals surface area contributed by atoms with Crippen LogP contribution in [-0.2, 0) is 0 Å². The van der Waals surface area contributed by atoms with E-state index in [-0.39, 0.29) is 5.56 Å². The van der Waals surface area contributed by atoms with E-state index in [0.717, 1.165) is 21.6 Å². The second-order valence-corrected chi connectivity index (χ2v) is 6.17. The minimum atomic E-state index is -0.954. The lowest BCUT2D eigenvalue weighted by Crippen LogP contribution is -1.96. The summed E-state index contributed by atoms with van der Waals surface area (Å²) in [5.74, 6) is 0.685. The van der Waals surface area contributed by atoms with Crippen molar-refractivity contribution in [1.82, 2.24) is 4.37 Å². The average Bonchev–Trinajstić information content (AvgIpc) is 3.16. The van der Waals surface area contributed by atoms with Crippen LogP contribution >= 0.6 is 11.5 Å². The maximum atomic E-state index is 11.0. The minimum Gasteiger partial charge on any atom is -0.493 e. The van der Waals surface area contributed by atoms with Gasteiger partial charge in [0.15, 0.2) is 11.5 Å². The number of hydrogen-bond acceptors (Lipinski definition) is 6. The minimum absolute atomic E-state index is 0.242. The number of benzene rings is 2. The van der Waals surface area contributed by atoms with Crippen LogP contribution in [0.2, 0.25) is 0 Å². The van der Waals surface area contributed by atoms with Crippen molar-refractivity contribution in [2.75, 3.05) is 21.3 Å². The van der Waals surface area contributed by atoms with Gasteiger partial charge < -0.3 is 19.3 Å². The molecule has 1 aromatic heterocycles. The zero-order valence-corrected chi connectivity index (χ0v) is 15.3. The number of hydrogen-bond donors (Lipinski definition) is 1. The normalized spacial score (nSPS) is 10.4. The van der Waals surface area contributed by atoms with Gasteiger partial charge in [-0.2, -0.15) is 4.37 Å². The Morgan fingerprint density at radius 1 is 0.962 bits per heavy atom. The first-order valence-corrected chi connectivity index (χ1v) is 8.45. The second-order valence-electron chi connectivity index (χ2n) is 5.37. The zero-order chi connectivity index (χ0) is 18.7. The molecule has 0 aliphatic heterocycles. The van der Waals surface area contributed by atoms with Crippen LogP contribution in [0.3, 0.4) is 0 Å². The van der Waals surface area contributed by atoms with E-state index < -0.39 is 5.97 Å². The van der Waals surface area contributed by atoms with Gasteiger partial charge in [0.2, 0.25) is 5.75 Å². The van der Waals surface area contributed by atoms with Crippen molar-refractivity contribution in [2.45, 2.75) is 0 Å². The smallest absolute Gasteiger partial charge is 0.335 e. The fraction of sp³-hybridized carbons (Fsp3) is 0.158. The number of carbonyl (C=O) groups is 1. The van der Waals surface area contributed by atoms with Gasteiger partial charge in [0.05, 0.1) is 31.8 Å². The molecule has 7 heteroatoms. The highest BCUT2D eigenvalue weighted by Gasteiger charge is 2.18. The van der Waals surface area contributed by atoms with Crippen LogP contribution in [0.25, 0.3) is 21.6 Å². The topological polar surface area (TPSA) is 77.9 Å². The second kappa shape index (κ2) is 7.45. The first kappa shape index (κ1) is 17.8. The van der Waals surface area contributed by atoms with E-state index in [1.807, 2.05) is 12.1 Å². The van der Waals surface area contributed by atoms with Crippen molar-refractivity contribution in [1.29, 1.82) is 0 Å². The number of nitrogens with zero attached hydrogens (tertiary/aromatic N) is 1. The molecule has 0 atom stereocenters. The lowest BCUT2D eigenvalue weighted by molar-refractivity contribution is 0.0697. The van der Waals surface area contributed by atoms with Gasteiger partial charge in [-0.1, -0.05) is 12.1 Å². The summed E-state index contributed by atoms with van der Waals surface area (Å²) < 4.78 is 20.5. The first-order valence-electron chi connectivity index (χ1n) is 7.67. The molecule has 3 aromatic rings. The third kappa shape index (κ3) is 3.21. The molecule has 1 heterocycles. The van der Waals surface area contributed by atoms with Gasteiger partial charge in [-0.05, 0) is 41.4 Å². The summed E-state index contributed by atoms with van der Waals surface area (Å²) in [4.78, 5) is 12.0. The summed E-state index contributed by atoms with van der Waals surface area (Å²) in [7, 11) is 4.70. The van der Waals surface area contributed by atoms with Crippen molar-refractivity contribution in [3.63, 3.8) is 0 Å². The van der Waals surface area contributed by atoms with Crippen molar-refractivity contribution in [3.8, 4) is 38.8 Å². The van der Waals surface area contributed by atoms with Gasteiger partial charge in [0.25, 0.3) is 0 Å². The van der Waals surface area contributed by atoms with Crippen LogP contribution in [0.1, 0.15) is 10.4 Å². The fourth-order valence-electron chi connectivity index (χ4n) is 2.66. The SMILES string of the molecule is COc1cc(-c2sncc2-c2ccc(C(=O)O)cc2)cc(OC)c1OC. The van der Waals surface area contributed by atoms with Gasteiger partial charge in [0.1, 0.15) is 0 Å². The number of carboxylic acids is 1. The molecule has 0 unspecified atom stereocenters. The number of ether oxygens (including phenoxy) is 3. The summed E-state index contributed by atoms with van der Waals surface area (Å²) in [6, 6.07) is 10.4. The Hall–Kier alpha value is -3.06. The van der Waals surface area contributed by atoms with Crippen molar-refractivity contribution in [3.05, 3.63) is 48.2 Å². The van der Waals surface area contributed by atoms with Crippen LogP contribution in [0.4, 0.5) is 0 Å². The molecule has 1 N–H and O–H groups in total. The Labute approximate surface area is 154 Å². The van der Waals surface area contributed by atoms with Gasteiger partial charge in [-0.25, -0.2) is 4.79 Å². The Morgan fingerprint density at radius 2 is 1.58 bits per heavy atom. The van der Waals surface area contributed by atoms with Crippen molar-refractivity contribution < 1.29 is 24.1 Å². The Morgan fingerprint density at radius 3 is 2.08 bits per heavy atom. The van der Waals surface area contributed by atoms with Crippen molar-refractivity contribution in [2.24, 2.45) is 0 Å². The molecule has 26 heavy (non-hydrogen) atoms. The molecule has 0 fully saturated rings. The molecule has 0 radical (unpaired) electrons. The van der Waals surface area contributed by atoms with Gasteiger partial charge in [-0.3, -0.25) is 0 Å². The molecular weight excluding hydrogens is 354 g/mol. The highest BCUT2D eigenvalue weighted by Crippen LogP contribution is 2.44.